The highest BCUT2D eigenvalue weighted by molar-refractivity contribution is 6.24. The van der Waals surface area contributed by atoms with Crippen LogP contribution in [0.2, 0.25) is 0 Å². The van der Waals surface area contributed by atoms with Crippen molar-refractivity contribution in [3.63, 3.8) is 0 Å². The van der Waals surface area contributed by atoms with Crippen LogP contribution in [0, 0.1) is 0 Å². The number of hydrogen-bond acceptors (Lipinski definition) is 5. The predicted molar refractivity (Wildman–Crippen MR) is 225 cm³/mol. The minimum Gasteiger partial charge on any atom is -0.455 e. The first-order chi connectivity index (χ1) is 27.3. The second-order valence-electron chi connectivity index (χ2n) is 13.8. The molecule has 0 saturated carbocycles. The molecule has 55 heavy (non-hydrogen) atoms. The summed E-state index contributed by atoms with van der Waals surface area (Å²) in [5.41, 5.74) is 12.0. The van der Waals surface area contributed by atoms with Crippen molar-refractivity contribution in [1.29, 1.82) is 0 Å². The maximum absolute atomic E-state index is 6.73. The van der Waals surface area contributed by atoms with Gasteiger partial charge in [0.2, 0.25) is 0 Å². The molecule has 0 spiro atoms. The Bertz CT molecular complexity index is 3190. The highest BCUT2D eigenvalue weighted by Gasteiger charge is 2.22. The third kappa shape index (κ3) is 5.17. The molecule has 6 aromatic carbocycles. The number of benzene rings is 6. The lowest BCUT2D eigenvalue weighted by molar-refractivity contribution is 0.672. The van der Waals surface area contributed by atoms with Crippen molar-refractivity contribution in [2.75, 3.05) is 0 Å². The smallest absolute Gasteiger partial charge is 0.147 e. The Morgan fingerprint density at radius 2 is 1.00 bits per heavy atom. The zero-order valence-corrected chi connectivity index (χ0v) is 29.5. The van der Waals surface area contributed by atoms with E-state index in [-0.39, 0.29) is 0 Å². The summed E-state index contributed by atoms with van der Waals surface area (Å²) in [5.74, 6) is 0. The van der Waals surface area contributed by atoms with Gasteiger partial charge in [-0.05, 0) is 92.8 Å². The van der Waals surface area contributed by atoms with Gasteiger partial charge in [-0.25, -0.2) is 9.97 Å². The van der Waals surface area contributed by atoms with Crippen LogP contribution in [-0.4, -0.2) is 19.9 Å². The van der Waals surface area contributed by atoms with E-state index in [0.717, 1.165) is 94.5 Å². The van der Waals surface area contributed by atoms with Gasteiger partial charge in [0.25, 0.3) is 0 Å². The zero-order chi connectivity index (χ0) is 36.3. The fraction of sp³-hybridized carbons (Fsp3) is 0. The fourth-order valence-corrected chi connectivity index (χ4v) is 7.99. The van der Waals surface area contributed by atoms with Gasteiger partial charge in [-0.3, -0.25) is 9.97 Å². The topological polar surface area (TPSA) is 64.7 Å². The summed E-state index contributed by atoms with van der Waals surface area (Å²) in [5, 5.41) is 7.84. The fourth-order valence-electron chi connectivity index (χ4n) is 7.99. The van der Waals surface area contributed by atoms with E-state index in [0.29, 0.717) is 0 Å². The van der Waals surface area contributed by atoms with Crippen LogP contribution in [0.5, 0.6) is 0 Å². The molecule has 5 nitrogen and oxygen atoms in total. The Labute approximate surface area is 316 Å². The van der Waals surface area contributed by atoms with Crippen LogP contribution in [0.1, 0.15) is 0 Å². The summed E-state index contributed by atoms with van der Waals surface area (Å²) in [6.45, 7) is 0. The van der Waals surface area contributed by atoms with Gasteiger partial charge in [-0.2, -0.15) is 0 Å². The first-order valence-corrected chi connectivity index (χ1v) is 18.4. The second kappa shape index (κ2) is 12.6. The van der Waals surface area contributed by atoms with E-state index in [2.05, 4.69) is 131 Å². The molecule has 0 fully saturated rings. The molecule has 0 aliphatic heterocycles. The van der Waals surface area contributed by atoms with Crippen LogP contribution >= 0.6 is 0 Å². The Morgan fingerprint density at radius 3 is 1.73 bits per heavy atom. The molecule has 5 aromatic heterocycles. The van der Waals surface area contributed by atoms with Gasteiger partial charge in [0.1, 0.15) is 11.2 Å². The van der Waals surface area contributed by atoms with E-state index in [4.69, 9.17) is 14.4 Å². The number of fused-ring (bicyclic) bond motifs is 8. The van der Waals surface area contributed by atoms with E-state index in [1.807, 2.05) is 48.5 Å². The molecule has 5 heteroatoms. The van der Waals surface area contributed by atoms with Crippen molar-refractivity contribution in [3.05, 3.63) is 182 Å². The summed E-state index contributed by atoms with van der Waals surface area (Å²) < 4.78 is 6.73. The van der Waals surface area contributed by atoms with Gasteiger partial charge in [-0.15, -0.1) is 0 Å². The summed E-state index contributed by atoms with van der Waals surface area (Å²) in [6, 6.07) is 58.9. The van der Waals surface area contributed by atoms with Gasteiger partial charge < -0.3 is 4.42 Å². The predicted octanol–water partition coefficient (Wildman–Crippen LogP) is 13.0. The number of para-hydroxylation sites is 2. The second-order valence-corrected chi connectivity index (χ2v) is 13.8. The van der Waals surface area contributed by atoms with Gasteiger partial charge in [0.05, 0.1) is 39.4 Å². The molecule has 0 amide bonds. The lowest BCUT2D eigenvalue weighted by Gasteiger charge is -2.14. The SMILES string of the molecule is c1ccc(-c2cc(-c3ccc(-c4cccc5c4nc(-c4cc6ccccc6c6ccccc46)c4c6ccccc6oc54)cc3)cc(-c3ccccn3)n2)nc1. The van der Waals surface area contributed by atoms with Gasteiger partial charge in [0.15, 0.2) is 0 Å². The Kier molecular flexibility index (Phi) is 7.10. The first kappa shape index (κ1) is 31.1. The molecule has 0 bridgehead atoms. The molecule has 0 N–H and O–H groups in total. The summed E-state index contributed by atoms with van der Waals surface area (Å²) in [7, 11) is 0. The zero-order valence-electron chi connectivity index (χ0n) is 29.5. The minimum atomic E-state index is 0.796. The number of nitrogens with zero attached hydrogens (tertiary/aromatic N) is 4. The van der Waals surface area contributed by atoms with E-state index in [1.54, 1.807) is 12.4 Å². The standard InChI is InChI=1S/C50H30N4O/c1-2-13-35-33(12-1)28-41(38-15-4-3-14-37(35)38)49-47-39-16-5-6-21-46(39)55-50(47)40-18-11-17-36(48(40)54-49)32-24-22-31(23-25-32)34-29-44(42-19-7-9-26-51-42)53-45(30-34)43-20-8-10-27-52-43/h1-30H. The molecule has 11 aromatic rings. The van der Waals surface area contributed by atoms with Crippen LogP contribution in [0.4, 0.5) is 0 Å². The number of hydrogen-bond donors (Lipinski definition) is 0. The monoisotopic (exact) mass is 702 g/mol. The largest absolute Gasteiger partial charge is 0.455 e. The van der Waals surface area contributed by atoms with Gasteiger partial charge in [0, 0.05) is 34.3 Å². The molecular formula is C50H30N4O. The molecule has 0 aliphatic carbocycles. The number of pyridine rings is 4. The van der Waals surface area contributed by atoms with Crippen molar-refractivity contribution in [2.24, 2.45) is 0 Å². The summed E-state index contributed by atoms with van der Waals surface area (Å²) in [4.78, 5) is 19.8. The molecule has 256 valence electrons. The van der Waals surface area contributed by atoms with Crippen molar-refractivity contribution in [1.82, 2.24) is 19.9 Å². The van der Waals surface area contributed by atoms with E-state index in [1.165, 1.54) is 16.2 Å². The van der Waals surface area contributed by atoms with E-state index < -0.39 is 0 Å². The molecule has 0 atom stereocenters. The maximum Gasteiger partial charge on any atom is 0.147 e. The highest BCUT2D eigenvalue weighted by Crippen LogP contribution is 2.44. The molecule has 11 rings (SSSR count). The summed E-state index contributed by atoms with van der Waals surface area (Å²) >= 11 is 0. The van der Waals surface area contributed by atoms with Crippen molar-refractivity contribution < 1.29 is 4.42 Å². The maximum atomic E-state index is 6.73. The van der Waals surface area contributed by atoms with Crippen molar-refractivity contribution in [3.8, 4) is 56.3 Å². The normalized spacial score (nSPS) is 11.6. The average molecular weight is 703 g/mol. The molecule has 0 saturated heterocycles. The lowest BCUT2D eigenvalue weighted by atomic mass is 9.92. The molecular weight excluding hydrogens is 673 g/mol. The average Bonchev–Trinajstić information content (AvgIpc) is 3.66. The number of rotatable bonds is 5. The van der Waals surface area contributed by atoms with Crippen LogP contribution in [0.25, 0.3) is 111 Å². The Balaban J connectivity index is 1.11. The van der Waals surface area contributed by atoms with Crippen molar-refractivity contribution in [2.45, 2.75) is 0 Å². The number of furan rings is 1. The van der Waals surface area contributed by atoms with Crippen LogP contribution < -0.4 is 0 Å². The summed E-state index contributed by atoms with van der Waals surface area (Å²) in [6.07, 6.45) is 3.59. The Hall–Kier alpha value is -7.50. The third-order valence-corrected chi connectivity index (χ3v) is 10.6. The van der Waals surface area contributed by atoms with E-state index >= 15 is 0 Å². The van der Waals surface area contributed by atoms with E-state index in [9.17, 15) is 0 Å². The first-order valence-electron chi connectivity index (χ1n) is 18.4. The third-order valence-electron chi connectivity index (χ3n) is 10.6. The molecule has 0 aliphatic rings. The highest BCUT2D eigenvalue weighted by atomic mass is 16.3. The van der Waals surface area contributed by atoms with Gasteiger partial charge in [-0.1, -0.05) is 115 Å². The van der Waals surface area contributed by atoms with Gasteiger partial charge >= 0.3 is 0 Å². The minimum absolute atomic E-state index is 0.796. The quantitative estimate of drug-likeness (QED) is 0.167. The van der Waals surface area contributed by atoms with Crippen LogP contribution in [-0.2, 0) is 0 Å². The van der Waals surface area contributed by atoms with Crippen LogP contribution in [0.15, 0.2) is 187 Å². The van der Waals surface area contributed by atoms with Crippen molar-refractivity contribution >= 4 is 54.4 Å². The molecule has 0 unspecified atom stereocenters. The number of aromatic nitrogens is 4. The Morgan fingerprint density at radius 1 is 0.382 bits per heavy atom. The molecule has 5 heterocycles. The lowest BCUT2D eigenvalue weighted by Crippen LogP contribution is -1.94. The van der Waals surface area contributed by atoms with Crippen LogP contribution in [0.3, 0.4) is 0 Å². The molecule has 0 radical (unpaired) electrons.